The highest BCUT2D eigenvalue weighted by molar-refractivity contribution is 9.10. The standard InChI is InChI=1S/C11H14BrNO/c1-14-7-6-13-5-4-9-8-10(12)2-3-11(9)13/h2-3,8H,4-7H2,1H3. The lowest BCUT2D eigenvalue weighted by Crippen LogP contribution is -2.24. The van der Waals surface area contributed by atoms with Crippen LogP contribution in [0.25, 0.3) is 0 Å². The van der Waals surface area contributed by atoms with Crippen molar-refractivity contribution >= 4 is 21.6 Å². The Labute approximate surface area is 93.0 Å². The molecule has 2 rings (SSSR count). The Balaban J connectivity index is 2.14. The van der Waals surface area contributed by atoms with Gasteiger partial charge in [-0.25, -0.2) is 0 Å². The number of rotatable bonds is 3. The second kappa shape index (κ2) is 4.32. The zero-order valence-corrected chi connectivity index (χ0v) is 9.88. The molecule has 14 heavy (non-hydrogen) atoms. The van der Waals surface area contributed by atoms with E-state index in [4.69, 9.17) is 4.74 Å². The van der Waals surface area contributed by atoms with E-state index in [-0.39, 0.29) is 0 Å². The Bertz CT molecular complexity index is 327. The average Bonchev–Trinajstić information content (AvgIpc) is 2.57. The molecule has 1 aromatic rings. The Kier molecular flexibility index (Phi) is 3.08. The molecule has 0 spiro atoms. The molecule has 3 heteroatoms. The van der Waals surface area contributed by atoms with Gasteiger partial charge in [0.25, 0.3) is 0 Å². The minimum Gasteiger partial charge on any atom is -0.383 e. The van der Waals surface area contributed by atoms with Crippen molar-refractivity contribution in [2.24, 2.45) is 0 Å². The summed E-state index contributed by atoms with van der Waals surface area (Å²) < 4.78 is 6.26. The van der Waals surface area contributed by atoms with Crippen LogP contribution in [0.1, 0.15) is 5.56 Å². The van der Waals surface area contributed by atoms with Crippen molar-refractivity contribution in [2.75, 3.05) is 31.7 Å². The van der Waals surface area contributed by atoms with Crippen LogP contribution in [0.5, 0.6) is 0 Å². The number of halogens is 1. The highest BCUT2D eigenvalue weighted by atomic mass is 79.9. The van der Waals surface area contributed by atoms with Gasteiger partial charge < -0.3 is 9.64 Å². The fourth-order valence-corrected chi connectivity index (χ4v) is 2.28. The topological polar surface area (TPSA) is 12.5 Å². The molecule has 1 aliphatic heterocycles. The molecule has 1 aromatic carbocycles. The summed E-state index contributed by atoms with van der Waals surface area (Å²) in [5.74, 6) is 0. The normalized spacial score (nSPS) is 14.6. The van der Waals surface area contributed by atoms with E-state index in [9.17, 15) is 0 Å². The number of nitrogens with zero attached hydrogens (tertiary/aromatic N) is 1. The number of benzene rings is 1. The van der Waals surface area contributed by atoms with E-state index in [1.54, 1.807) is 7.11 Å². The number of fused-ring (bicyclic) bond motifs is 1. The van der Waals surface area contributed by atoms with Gasteiger partial charge in [-0.1, -0.05) is 15.9 Å². The van der Waals surface area contributed by atoms with Gasteiger partial charge in [-0.3, -0.25) is 0 Å². The largest absolute Gasteiger partial charge is 0.383 e. The zero-order chi connectivity index (χ0) is 9.97. The van der Waals surface area contributed by atoms with Crippen molar-refractivity contribution in [1.82, 2.24) is 0 Å². The maximum absolute atomic E-state index is 5.09. The van der Waals surface area contributed by atoms with E-state index in [0.717, 1.165) is 26.1 Å². The van der Waals surface area contributed by atoms with E-state index < -0.39 is 0 Å². The molecule has 76 valence electrons. The third-order valence-electron chi connectivity index (χ3n) is 2.60. The summed E-state index contributed by atoms with van der Waals surface area (Å²) in [5.41, 5.74) is 2.81. The lowest BCUT2D eigenvalue weighted by molar-refractivity contribution is 0.205. The van der Waals surface area contributed by atoms with Gasteiger partial charge in [0.2, 0.25) is 0 Å². The van der Waals surface area contributed by atoms with Crippen LogP contribution in [0.2, 0.25) is 0 Å². The average molecular weight is 256 g/mol. The molecule has 0 saturated carbocycles. The van der Waals surface area contributed by atoms with Gasteiger partial charge in [-0.2, -0.15) is 0 Å². The summed E-state index contributed by atoms with van der Waals surface area (Å²) >= 11 is 3.49. The number of hydrogen-bond acceptors (Lipinski definition) is 2. The highest BCUT2D eigenvalue weighted by Gasteiger charge is 2.18. The van der Waals surface area contributed by atoms with Crippen molar-refractivity contribution in [3.05, 3.63) is 28.2 Å². The molecule has 0 aliphatic carbocycles. The van der Waals surface area contributed by atoms with Gasteiger partial charge >= 0.3 is 0 Å². The summed E-state index contributed by atoms with van der Waals surface area (Å²) in [4.78, 5) is 2.38. The lowest BCUT2D eigenvalue weighted by atomic mass is 10.2. The first-order valence-corrected chi connectivity index (χ1v) is 5.63. The third kappa shape index (κ3) is 1.93. The number of hydrogen-bond donors (Lipinski definition) is 0. The summed E-state index contributed by atoms with van der Waals surface area (Å²) in [6.45, 7) is 2.91. The Hall–Kier alpha value is -0.540. The zero-order valence-electron chi connectivity index (χ0n) is 8.29. The molecule has 2 nitrogen and oxygen atoms in total. The molecular weight excluding hydrogens is 242 g/mol. The number of methoxy groups -OCH3 is 1. The van der Waals surface area contributed by atoms with E-state index in [2.05, 4.69) is 39.0 Å². The lowest BCUT2D eigenvalue weighted by Gasteiger charge is -2.18. The number of anilines is 1. The van der Waals surface area contributed by atoms with E-state index in [1.165, 1.54) is 15.7 Å². The first-order valence-electron chi connectivity index (χ1n) is 4.83. The fraction of sp³-hybridized carbons (Fsp3) is 0.455. The molecule has 0 bridgehead atoms. The van der Waals surface area contributed by atoms with Gasteiger partial charge in [0, 0.05) is 30.4 Å². The molecule has 1 aliphatic rings. The van der Waals surface area contributed by atoms with Crippen LogP contribution in [-0.4, -0.2) is 26.8 Å². The molecule has 0 amide bonds. The molecule has 0 atom stereocenters. The van der Waals surface area contributed by atoms with Crippen LogP contribution in [0.3, 0.4) is 0 Å². The summed E-state index contributed by atoms with van der Waals surface area (Å²) in [7, 11) is 1.75. The van der Waals surface area contributed by atoms with Crippen LogP contribution in [0.15, 0.2) is 22.7 Å². The maximum atomic E-state index is 5.09. The van der Waals surface area contributed by atoms with Crippen molar-refractivity contribution in [1.29, 1.82) is 0 Å². The molecule has 0 saturated heterocycles. The first kappa shape index (κ1) is 9.99. The summed E-state index contributed by atoms with van der Waals surface area (Å²) in [6, 6.07) is 6.49. The predicted molar refractivity (Wildman–Crippen MR) is 61.9 cm³/mol. The van der Waals surface area contributed by atoms with Crippen molar-refractivity contribution in [3.8, 4) is 0 Å². The van der Waals surface area contributed by atoms with Crippen LogP contribution < -0.4 is 4.90 Å². The van der Waals surface area contributed by atoms with E-state index >= 15 is 0 Å². The smallest absolute Gasteiger partial charge is 0.0637 e. The van der Waals surface area contributed by atoms with E-state index in [1.807, 2.05) is 0 Å². The molecule has 0 radical (unpaired) electrons. The first-order chi connectivity index (χ1) is 6.81. The molecule has 1 heterocycles. The summed E-state index contributed by atoms with van der Waals surface area (Å²) in [5, 5.41) is 0. The predicted octanol–water partition coefficient (Wildman–Crippen LogP) is 2.46. The van der Waals surface area contributed by atoms with Gasteiger partial charge in [-0.15, -0.1) is 0 Å². The van der Waals surface area contributed by atoms with Crippen molar-refractivity contribution in [2.45, 2.75) is 6.42 Å². The minimum absolute atomic E-state index is 0.801. The van der Waals surface area contributed by atoms with E-state index in [0.29, 0.717) is 0 Å². The number of ether oxygens (including phenoxy) is 1. The monoisotopic (exact) mass is 255 g/mol. The highest BCUT2D eigenvalue weighted by Crippen LogP contribution is 2.29. The third-order valence-corrected chi connectivity index (χ3v) is 3.09. The van der Waals surface area contributed by atoms with Crippen molar-refractivity contribution in [3.63, 3.8) is 0 Å². The van der Waals surface area contributed by atoms with Crippen LogP contribution in [0, 0.1) is 0 Å². The SMILES string of the molecule is COCCN1CCc2cc(Br)ccc21. The Morgan fingerprint density at radius 1 is 1.50 bits per heavy atom. The molecule has 0 fully saturated rings. The maximum Gasteiger partial charge on any atom is 0.0637 e. The Morgan fingerprint density at radius 3 is 3.14 bits per heavy atom. The summed E-state index contributed by atoms with van der Waals surface area (Å²) in [6.07, 6.45) is 1.15. The minimum atomic E-state index is 0.801. The molecule has 0 N–H and O–H groups in total. The van der Waals surface area contributed by atoms with Crippen LogP contribution in [-0.2, 0) is 11.2 Å². The molecule has 0 aromatic heterocycles. The second-order valence-electron chi connectivity index (χ2n) is 3.50. The fourth-order valence-electron chi connectivity index (χ4n) is 1.87. The molecule has 0 unspecified atom stereocenters. The Morgan fingerprint density at radius 2 is 2.36 bits per heavy atom. The van der Waals surface area contributed by atoms with Gasteiger partial charge in [0.05, 0.1) is 6.61 Å². The quantitative estimate of drug-likeness (QED) is 0.823. The van der Waals surface area contributed by atoms with Gasteiger partial charge in [-0.05, 0) is 30.2 Å². The van der Waals surface area contributed by atoms with Gasteiger partial charge in [0.1, 0.15) is 0 Å². The second-order valence-corrected chi connectivity index (χ2v) is 4.42. The van der Waals surface area contributed by atoms with Crippen LogP contribution in [0.4, 0.5) is 5.69 Å². The van der Waals surface area contributed by atoms with Crippen molar-refractivity contribution < 1.29 is 4.74 Å². The van der Waals surface area contributed by atoms with Gasteiger partial charge in [0.15, 0.2) is 0 Å². The molecular formula is C11H14BrNO. The van der Waals surface area contributed by atoms with Crippen LogP contribution >= 0.6 is 15.9 Å².